The van der Waals surface area contributed by atoms with Crippen LogP contribution >= 0.6 is 0 Å². The summed E-state index contributed by atoms with van der Waals surface area (Å²) >= 11 is 0. The van der Waals surface area contributed by atoms with Gasteiger partial charge in [0.2, 0.25) is 0 Å². The van der Waals surface area contributed by atoms with Crippen LogP contribution in [0.5, 0.6) is 0 Å². The highest BCUT2D eigenvalue weighted by Gasteiger charge is 2.23. The Kier molecular flexibility index (Phi) is 11.5. The van der Waals surface area contributed by atoms with Gasteiger partial charge >= 0.3 is 0 Å². The van der Waals surface area contributed by atoms with Crippen molar-refractivity contribution >= 4 is 11.8 Å². The summed E-state index contributed by atoms with van der Waals surface area (Å²) in [5, 5.41) is 17.5. The van der Waals surface area contributed by atoms with Crippen LogP contribution in [0.3, 0.4) is 0 Å². The Labute approximate surface area is 227 Å². The molecule has 0 saturated heterocycles. The van der Waals surface area contributed by atoms with Gasteiger partial charge in [-0.05, 0) is 61.1 Å². The zero-order valence-corrected chi connectivity index (χ0v) is 22.8. The van der Waals surface area contributed by atoms with Gasteiger partial charge in [0.25, 0.3) is 11.8 Å². The minimum atomic E-state index is -0.808. The molecule has 0 heterocycles. The quantitative estimate of drug-likeness (QED) is 0.289. The van der Waals surface area contributed by atoms with Crippen molar-refractivity contribution in [3.8, 4) is 0 Å². The van der Waals surface area contributed by atoms with E-state index >= 15 is 0 Å². The Bertz CT molecular complexity index is 1160. The summed E-state index contributed by atoms with van der Waals surface area (Å²) in [5.74, 6) is -0.374. The molecule has 2 amide bonds. The van der Waals surface area contributed by atoms with E-state index in [0.717, 1.165) is 18.4 Å². The Morgan fingerprint density at radius 1 is 0.868 bits per heavy atom. The first-order valence-corrected chi connectivity index (χ1v) is 13.6. The number of aryl methyl sites for hydroxylation is 1. The summed E-state index contributed by atoms with van der Waals surface area (Å²) in [6, 6.07) is 24.3. The second-order valence-corrected chi connectivity index (χ2v) is 9.77. The average molecular weight is 516 g/mol. The first-order valence-electron chi connectivity index (χ1n) is 13.6. The molecule has 3 aromatic rings. The summed E-state index contributed by atoms with van der Waals surface area (Å²) in [7, 11) is 0. The second-order valence-electron chi connectivity index (χ2n) is 9.77. The fourth-order valence-electron chi connectivity index (χ4n) is 4.54. The number of rotatable bonds is 14. The fraction of sp³-hybridized carbons (Fsp3) is 0.375. The van der Waals surface area contributed by atoms with Crippen molar-refractivity contribution in [3.63, 3.8) is 0 Å². The number of amides is 2. The molecule has 3 N–H and O–H groups in total. The predicted molar refractivity (Wildman–Crippen MR) is 153 cm³/mol. The summed E-state index contributed by atoms with van der Waals surface area (Å²) in [6.07, 6.45) is 1.43. The Balaban J connectivity index is 1.72. The predicted octanol–water partition coefficient (Wildman–Crippen LogP) is 4.75. The number of carbonyl (C=O) groups is 2. The van der Waals surface area contributed by atoms with Crippen LogP contribution in [0.15, 0.2) is 78.9 Å². The van der Waals surface area contributed by atoms with Crippen molar-refractivity contribution in [2.45, 2.75) is 58.7 Å². The molecule has 0 saturated carbocycles. The molecule has 6 nitrogen and oxygen atoms in total. The molecular weight excluding hydrogens is 474 g/mol. The molecule has 0 aromatic heterocycles. The van der Waals surface area contributed by atoms with Crippen LogP contribution in [0.25, 0.3) is 0 Å². The number of aliphatic hydroxyl groups excluding tert-OH is 1. The van der Waals surface area contributed by atoms with Gasteiger partial charge in [-0.2, -0.15) is 0 Å². The van der Waals surface area contributed by atoms with E-state index in [1.165, 1.54) is 11.1 Å². The SMILES string of the molecule is CCCN(CCC)C(=O)c1cccc(C(=O)N[C@@H](Cc2ccccc2)[C@H](O)CNCc2ccccc2C)c1. The van der Waals surface area contributed by atoms with Gasteiger partial charge in [0.15, 0.2) is 0 Å². The Hall–Kier alpha value is -3.48. The van der Waals surface area contributed by atoms with Crippen molar-refractivity contribution < 1.29 is 14.7 Å². The maximum absolute atomic E-state index is 13.3. The highest BCUT2D eigenvalue weighted by atomic mass is 16.3. The summed E-state index contributed by atoms with van der Waals surface area (Å²) < 4.78 is 0. The lowest BCUT2D eigenvalue weighted by atomic mass is 10.00. The summed E-state index contributed by atoms with van der Waals surface area (Å²) in [5.41, 5.74) is 4.29. The van der Waals surface area contributed by atoms with Gasteiger partial charge in [-0.1, -0.05) is 74.5 Å². The average Bonchev–Trinajstić information content (AvgIpc) is 2.93. The molecular formula is C32H41N3O3. The fourth-order valence-corrected chi connectivity index (χ4v) is 4.54. The highest BCUT2D eigenvalue weighted by molar-refractivity contribution is 5.99. The largest absolute Gasteiger partial charge is 0.390 e. The van der Waals surface area contributed by atoms with Crippen molar-refractivity contribution in [2.24, 2.45) is 0 Å². The number of aliphatic hydroxyl groups is 1. The maximum atomic E-state index is 13.3. The van der Waals surface area contributed by atoms with Gasteiger partial charge in [0.1, 0.15) is 0 Å². The molecule has 0 unspecified atom stereocenters. The normalized spacial score (nSPS) is 12.5. The third-order valence-electron chi connectivity index (χ3n) is 6.66. The molecule has 202 valence electrons. The van der Waals surface area contributed by atoms with E-state index in [9.17, 15) is 14.7 Å². The topological polar surface area (TPSA) is 81.7 Å². The molecule has 3 aromatic carbocycles. The number of benzene rings is 3. The summed E-state index contributed by atoms with van der Waals surface area (Å²) in [6.45, 7) is 8.49. The molecule has 0 spiro atoms. The van der Waals surface area contributed by atoms with Crippen LogP contribution < -0.4 is 10.6 Å². The van der Waals surface area contributed by atoms with Crippen LogP contribution in [0.2, 0.25) is 0 Å². The van der Waals surface area contributed by atoms with E-state index in [1.54, 1.807) is 24.3 Å². The molecule has 0 aliphatic carbocycles. The lowest BCUT2D eigenvalue weighted by Gasteiger charge is -2.25. The Morgan fingerprint density at radius 2 is 1.53 bits per heavy atom. The highest BCUT2D eigenvalue weighted by Crippen LogP contribution is 2.13. The van der Waals surface area contributed by atoms with Crippen molar-refractivity contribution in [1.29, 1.82) is 0 Å². The number of carbonyl (C=O) groups excluding carboxylic acids is 2. The van der Waals surface area contributed by atoms with Crippen molar-refractivity contribution in [2.75, 3.05) is 19.6 Å². The van der Waals surface area contributed by atoms with Crippen molar-refractivity contribution in [3.05, 3.63) is 107 Å². The van der Waals surface area contributed by atoms with Gasteiger partial charge in [0.05, 0.1) is 12.1 Å². The monoisotopic (exact) mass is 515 g/mol. The maximum Gasteiger partial charge on any atom is 0.253 e. The van der Waals surface area contributed by atoms with Crippen LogP contribution in [-0.2, 0) is 13.0 Å². The molecule has 2 atom stereocenters. The summed E-state index contributed by atoms with van der Waals surface area (Å²) in [4.78, 5) is 28.2. The molecule has 38 heavy (non-hydrogen) atoms. The van der Waals surface area contributed by atoms with Gasteiger partial charge in [-0.3, -0.25) is 9.59 Å². The van der Waals surface area contributed by atoms with Gasteiger partial charge < -0.3 is 20.6 Å². The smallest absolute Gasteiger partial charge is 0.253 e. The van der Waals surface area contributed by atoms with E-state index in [0.29, 0.717) is 43.7 Å². The minimum absolute atomic E-state index is 0.0652. The second kappa shape index (κ2) is 15.1. The van der Waals surface area contributed by atoms with Crippen LogP contribution in [0, 0.1) is 6.92 Å². The van der Waals surface area contributed by atoms with Crippen LogP contribution in [-0.4, -0.2) is 53.6 Å². The third kappa shape index (κ3) is 8.54. The lowest BCUT2D eigenvalue weighted by molar-refractivity contribution is 0.0755. The van der Waals surface area contributed by atoms with Gasteiger partial charge in [-0.15, -0.1) is 0 Å². The molecule has 6 heteroatoms. The molecule has 3 rings (SSSR count). The van der Waals surface area contributed by atoms with Gasteiger partial charge in [-0.25, -0.2) is 0 Å². The van der Waals surface area contributed by atoms with E-state index in [2.05, 4.69) is 29.7 Å². The zero-order chi connectivity index (χ0) is 27.3. The zero-order valence-electron chi connectivity index (χ0n) is 22.8. The van der Waals surface area contributed by atoms with E-state index < -0.39 is 12.1 Å². The molecule has 0 bridgehead atoms. The van der Waals surface area contributed by atoms with Crippen molar-refractivity contribution in [1.82, 2.24) is 15.5 Å². The number of hydrogen-bond donors (Lipinski definition) is 3. The molecule has 0 aliphatic rings. The number of nitrogens with one attached hydrogen (secondary N) is 2. The minimum Gasteiger partial charge on any atom is -0.390 e. The first kappa shape index (κ1) is 29.1. The van der Waals surface area contributed by atoms with Gasteiger partial charge in [0, 0.05) is 37.3 Å². The Morgan fingerprint density at radius 3 is 2.21 bits per heavy atom. The van der Waals surface area contributed by atoms with E-state index in [-0.39, 0.29) is 11.8 Å². The third-order valence-corrected chi connectivity index (χ3v) is 6.66. The van der Waals surface area contributed by atoms with Crippen LogP contribution in [0.1, 0.15) is 64.1 Å². The number of hydrogen-bond acceptors (Lipinski definition) is 4. The first-order chi connectivity index (χ1) is 18.4. The molecule has 0 fully saturated rings. The van der Waals surface area contributed by atoms with Crippen LogP contribution in [0.4, 0.5) is 0 Å². The standard InChI is InChI=1S/C32H41N3O3/c1-4-18-35(19-5-2)32(38)27-17-11-16-26(21-27)31(37)34-29(20-25-13-7-6-8-14-25)30(36)23-33-22-28-15-10-9-12-24(28)3/h6-17,21,29-30,33,36H,4-5,18-20,22-23H2,1-3H3,(H,34,37)/t29-,30+/m0/s1. The molecule has 0 aliphatic heterocycles. The molecule has 0 radical (unpaired) electrons. The number of nitrogens with zero attached hydrogens (tertiary/aromatic N) is 1. The lowest BCUT2D eigenvalue weighted by Crippen LogP contribution is -2.48. The van der Waals surface area contributed by atoms with E-state index in [4.69, 9.17) is 0 Å². The van der Waals surface area contributed by atoms with E-state index in [1.807, 2.05) is 61.2 Å².